The molecule has 0 bridgehead atoms. The molecule has 0 spiro atoms. The molecular weight excluding hydrogens is 637 g/mol. The second-order valence-corrected chi connectivity index (χ2v) is 19.0. The van der Waals surface area contributed by atoms with Crippen LogP contribution in [-0.2, 0) is 31.5 Å². The molecule has 1 N–H and O–H groups in total. The smallest absolute Gasteiger partial charge is 0.282 e. The van der Waals surface area contributed by atoms with E-state index in [1.165, 1.54) is 22.0 Å². The van der Waals surface area contributed by atoms with Crippen LogP contribution in [0, 0.1) is 5.95 Å². The lowest BCUT2D eigenvalue weighted by molar-refractivity contribution is -0.113. The van der Waals surface area contributed by atoms with E-state index in [9.17, 15) is 13.6 Å². The van der Waals surface area contributed by atoms with Crippen molar-refractivity contribution in [3.63, 3.8) is 0 Å². The maximum Gasteiger partial charge on any atom is 0.282 e. The number of alkyl halides is 2. The molecule has 15 heteroatoms. The number of rotatable bonds is 10. The number of halogens is 4. The first-order valence-electron chi connectivity index (χ1n) is 15.1. The zero-order valence-corrected chi connectivity index (χ0v) is 27.9. The molecule has 1 aromatic carbocycles. The number of aromatic nitrogens is 5. The van der Waals surface area contributed by atoms with Gasteiger partial charge in [-0.3, -0.25) is 4.79 Å². The van der Waals surface area contributed by atoms with Crippen LogP contribution >= 0.6 is 11.6 Å². The van der Waals surface area contributed by atoms with Gasteiger partial charge in [-0.25, -0.2) is 18.4 Å². The van der Waals surface area contributed by atoms with Crippen molar-refractivity contribution >= 4 is 43.0 Å². The van der Waals surface area contributed by atoms with Crippen LogP contribution in [0.3, 0.4) is 0 Å². The largest absolute Gasteiger partial charge is 0.359 e. The first kappa shape index (κ1) is 32.1. The molecule has 0 radical (unpaired) electrons. The van der Waals surface area contributed by atoms with E-state index >= 15 is 4.39 Å². The van der Waals surface area contributed by atoms with E-state index in [2.05, 4.69) is 40.0 Å². The second-order valence-electron chi connectivity index (χ2n) is 13.0. The van der Waals surface area contributed by atoms with Gasteiger partial charge in [-0.1, -0.05) is 43.4 Å². The maximum atomic E-state index is 15.1. The standard InChI is InChI=1S/C31H36ClF3N8O2Si/c1-40-25(29(44)42-17-31(34,35)18-42)13-21-9-10-41(16-26(21)40)30-36-15-24(32)28(39-30)38-22-7-5-20(6-8-22)23-14-37-43(27(23)33)19-45-11-12-46(2,3)4/h5-8,13-15H,9-12,16-19H2,1-4H3,(H,36,38,39). The van der Waals surface area contributed by atoms with Gasteiger partial charge in [-0.05, 0) is 41.8 Å². The molecule has 5 heterocycles. The average molecular weight is 673 g/mol. The van der Waals surface area contributed by atoms with Gasteiger partial charge in [0.1, 0.15) is 17.4 Å². The number of nitrogens with zero attached hydrogens (tertiary/aromatic N) is 7. The van der Waals surface area contributed by atoms with Crippen LogP contribution in [0.25, 0.3) is 11.1 Å². The number of benzene rings is 1. The fourth-order valence-electron chi connectivity index (χ4n) is 5.49. The molecule has 1 fully saturated rings. The van der Waals surface area contributed by atoms with Crippen molar-refractivity contribution in [1.82, 2.24) is 29.2 Å². The topological polar surface area (TPSA) is 93.3 Å². The van der Waals surface area contributed by atoms with E-state index in [-0.39, 0.29) is 6.73 Å². The highest BCUT2D eigenvalue weighted by Crippen LogP contribution is 2.32. The molecule has 3 aromatic heterocycles. The van der Waals surface area contributed by atoms with E-state index in [0.29, 0.717) is 65.4 Å². The van der Waals surface area contributed by atoms with E-state index in [1.807, 2.05) is 4.90 Å². The Hall–Kier alpha value is -3.88. The summed E-state index contributed by atoms with van der Waals surface area (Å²) in [5, 5.41) is 7.70. The van der Waals surface area contributed by atoms with E-state index in [1.54, 1.807) is 41.9 Å². The van der Waals surface area contributed by atoms with Crippen molar-refractivity contribution in [2.75, 3.05) is 36.5 Å². The minimum absolute atomic E-state index is 0.0618. The Morgan fingerprint density at radius 1 is 1.15 bits per heavy atom. The van der Waals surface area contributed by atoms with Crippen molar-refractivity contribution < 1.29 is 22.7 Å². The summed E-state index contributed by atoms with van der Waals surface area (Å²) in [7, 11) is 0.538. The lowest BCUT2D eigenvalue weighted by atomic mass is 10.1. The molecule has 244 valence electrons. The van der Waals surface area contributed by atoms with Crippen molar-refractivity contribution in [3.05, 3.63) is 70.6 Å². The van der Waals surface area contributed by atoms with Crippen molar-refractivity contribution in [3.8, 4) is 11.1 Å². The maximum absolute atomic E-state index is 15.1. The quantitative estimate of drug-likeness (QED) is 0.159. The number of ether oxygens (including phenoxy) is 1. The summed E-state index contributed by atoms with van der Waals surface area (Å²) in [6.45, 7) is 7.36. The molecule has 6 rings (SSSR count). The molecule has 10 nitrogen and oxygen atoms in total. The van der Waals surface area contributed by atoms with E-state index < -0.39 is 38.9 Å². The van der Waals surface area contributed by atoms with Gasteiger partial charge in [0.25, 0.3) is 11.8 Å². The highest BCUT2D eigenvalue weighted by molar-refractivity contribution is 6.76. The van der Waals surface area contributed by atoms with Crippen LogP contribution in [0.5, 0.6) is 0 Å². The van der Waals surface area contributed by atoms with Crippen LogP contribution in [0.4, 0.5) is 30.6 Å². The summed E-state index contributed by atoms with van der Waals surface area (Å²) in [5.41, 5.74) is 4.03. The Balaban J connectivity index is 1.11. The van der Waals surface area contributed by atoms with Gasteiger partial charge in [0.2, 0.25) is 11.9 Å². The summed E-state index contributed by atoms with van der Waals surface area (Å²) < 4.78 is 50.4. The fraction of sp³-hybridized carbons (Fsp3) is 0.419. The molecule has 0 unspecified atom stereocenters. The number of carbonyl (C=O) groups is 1. The molecular formula is C31H36ClF3N8O2Si. The normalized spacial score (nSPS) is 15.9. The number of amides is 1. The summed E-state index contributed by atoms with van der Waals surface area (Å²) in [6.07, 6.45) is 3.66. The summed E-state index contributed by atoms with van der Waals surface area (Å²) >= 11 is 6.45. The molecule has 0 saturated carbocycles. The van der Waals surface area contributed by atoms with Crippen LogP contribution < -0.4 is 10.2 Å². The Morgan fingerprint density at radius 2 is 1.89 bits per heavy atom. The highest BCUT2D eigenvalue weighted by atomic mass is 35.5. The Morgan fingerprint density at radius 3 is 2.59 bits per heavy atom. The number of hydrogen-bond acceptors (Lipinski definition) is 7. The lowest BCUT2D eigenvalue weighted by Gasteiger charge is -2.38. The Bertz CT molecular complexity index is 1750. The number of carbonyl (C=O) groups excluding carboxylic acids is 1. The monoisotopic (exact) mass is 672 g/mol. The minimum Gasteiger partial charge on any atom is -0.359 e. The van der Waals surface area contributed by atoms with Gasteiger partial charge in [-0.15, -0.1) is 0 Å². The van der Waals surface area contributed by atoms with Crippen molar-refractivity contribution in [1.29, 1.82) is 0 Å². The third-order valence-corrected chi connectivity index (χ3v) is 10.2. The molecule has 0 atom stereocenters. The van der Waals surface area contributed by atoms with Gasteiger partial charge in [0.05, 0.1) is 37.6 Å². The summed E-state index contributed by atoms with van der Waals surface area (Å²) in [6, 6.07) is 9.98. The van der Waals surface area contributed by atoms with Gasteiger partial charge < -0.3 is 24.4 Å². The van der Waals surface area contributed by atoms with Crippen LogP contribution in [0.2, 0.25) is 30.7 Å². The summed E-state index contributed by atoms with van der Waals surface area (Å²) in [4.78, 5) is 25.1. The Labute approximate surface area is 271 Å². The van der Waals surface area contributed by atoms with Gasteiger partial charge in [0.15, 0.2) is 5.82 Å². The van der Waals surface area contributed by atoms with Crippen molar-refractivity contribution in [2.45, 2.75) is 51.3 Å². The Kier molecular flexibility index (Phi) is 8.63. The fourth-order valence-corrected chi connectivity index (χ4v) is 6.39. The molecule has 2 aliphatic rings. The summed E-state index contributed by atoms with van der Waals surface area (Å²) in [5.74, 6) is -2.82. The molecule has 4 aromatic rings. The highest BCUT2D eigenvalue weighted by Gasteiger charge is 2.47. The van der Waals surface area contributed by atoms with Crippen LogP contribution in [0.1, 0.15) is 21.7 Å². The number of nitrogens with one attached hydrogen (secondary N) is 1. The van der Waals surface area contributed by atoms with E-state index in [4.69, 9.17) is 16.3 Å². The number of likely N-dealkylation sites (tertiary alicyclic amines) is 1. The number of fused-ring (bicyclic) bond motifs is 1. The molecule has 1 saturated heterocycles. The number of anilines is 3. The third kappa shape index (κ3) is 6.78. The molecule has 2 aliphatic heterocycles. The molecule has 0 aliphatic carbocycles. The zero-order valence-electron chi connectivity index (χ0n) is 26.2. The average Bonchev–Trinajstić information content (AvgIpc) is 3.53. The van der Waals surface area contributed by atoms with Gasteiger partial charge in [-0.2, -0.15) is 14.5 Å². The first-order valence-corrected chi connectivity index (χ1v) is 19.1. The van der Waals surface area contributed by atoms with Crippen LogP contribution in [0.15, 0.2) is 42.7 Å². The van der Waals surface area contributed by atoms with E-state index in [0.717, 1.165) is 17.3 Å². The van der Waals surface area contributed by atoms with Gasteiger partial charge >= 0.3 is 0 Å². The zero-order chi connectivity index (χ0) is 32.8. The second kappa shape index (κ2) is 12.4. The SMILES string of the molecule is Cn1c(C(=O)N2CC(F)(F)C2)cc2c1CN(c1ncc(Cl)c(Nc3ccc(-c4cnn(COCC[Si](C)(C)C)c4F)cc3)n1)CC2. The van der Waals surface area contributed by atoms with Crippen molar-refractivity contribution in [2.24, 2.45) is 7.05 Å². The predicted molar refractivity (Wildman–Crippen MR) is 173 cm³/mol. The molecule has 46 heavy (non-hydrogen) atoms. The molecule has 1 amide bonds. The first-order chi connectivity index (χ1) is 21.8. The predicted octanol–water partition coefficient (Wildman–Crippen LogP) is 6.18. The van der Waals surface area contributed by atoms with Gasteiger partial charge in [0, 0.05) is 39.7 Å². The number of hydrogen-bond donors (Lipinski definition) is 1. The van der Waals surface area contributed by atoms with Crippen LogP contribution in [-0.4, -0.2) is 75.4 Å². The minimum atomic E-state index is -2.82. The third-order valence-electron chi connectivity index (χ3n) is 8.25. The lowest BCUT2D eigenvalue weighted by Crippen LogP contribution is -2.58.